The lowest BCUT2D eigenvalue weighted by Gasteiger charge is -2.15. The van der Waals surface area contributed by atoms with Gasteiger partial charge in [-0.1, -0.05) is 13.0 Å². The number of hydrogen-bond acceptors (Lipinski definition) is 5. The molecule has 2 N–H and O–H groups in total. The van der Waals surface area contributed by atoms with E-state index in [1.54, 1.807) is 18.5 Å². The molecule has 0 radical (unpaired) electrons. The van der Waals surface area contributed by atoms with Crippen molar-refractivity contribution in [3.8, 4) is 11.3 Å². The molecule has 0 amide bonds. The predicted octanol–water partition coefficient (Wildman–Crippen LogP) is 4.77. The van der Waals surface area contributed by atoms with Gasteiger partial charge in [-0.3, -0.25) is 4.98 Å². The highest BCUT2D eigenvalue weighted by molar-refractivity contribution is 5.67. The molecule has 1 atom stereocenters. The Kier molecular flexibility index (Phi) is 5.36. The van der Waals surface area contributed by atoms with Gasteiger partial charge in [0, 0.05) is 30.1 Å². The van der Waals surface area contributed by atoms with Crippen LogP contribution < -0.4 is 10.6 Å². The Hall–Kier alpha value is -3.09. The van der Waals surface area contributed by atoms with Crippen molar-refractivity contribution in [1.82, 2.24) is 15.0 Å². The lowest BCUT2D eigenvalue weighted by atomic mass is 10.2. The number of para-hydroxylation sites is 1. The maximum Gasteiger partial charge on any atom is 0.225 e. The van der Waals surface area contributed by atoms with E-state index in [0.29, 0.717) is 17.5 Å². The van der Waals surface area contributed by atoms with Crippen LogP contribution in [0.25, 0.3) is 11.3 Å². The van der Waals surface area contributed by atoms with E-state index in [-0.39, 0.29) is 11.7 Å². The molecule has 5 nitrogen and oxygen atoms in total. The summed E-state index contributed by atoms with van der Waals surface area (Å²) < 4.78 is 27.9. The van der Waals surface area contributed by atoms with Crippen molar-refractivity contribution in [3.05, 3.63) is 60.4 Å². The fraction of sp³-hybridized carbons (Fsp3) is 0.211. The Bertz CT molecular complexity index is 866. The van der Waals surface area contributed by atoms with Crippen molar-refractivity contribution in [1.29, 1.82) is 0 Å². The number of nitrogens with one attached hydrogen (secondary N) is 2. The van der Waals surface area contributed by atoms with Gasteiger partial charge in [0.15, 0.2) is 0 Å². The topological polar surface area (TPSA) is 62.7 Å². The summed E-state index contributed by atoms with van der Waals surface area (Å²) in [5.74, 6) is -0.703. The molecule has 26 heavy (non-hydrogen) atoms. The maximum absolute atomic E-state index is 14.0. The molecule has 0 spiro atoms. The van der Waals surface area contributed by atoms with Crippen LogP contribution in [0.4, 0.5) is 26.2 Å². The number of benzene rings is 1. The van der Waals surface area contributed by atoms with Gasteiger partial charge in [0.05, 0.1) is 5.69 Å². The highest BCUT2D eigenvalue weighted by Crippen LogP contribution is 2.26. The third kappa shape index (κ3) is 4.11. The van der Waals surface area contributed by atoms with E-state index >= 15 is 0 Å². The Morgan fingerprint density at radius 3 is 2.38 bits per heavy atom. The summed E-state index contributed by atoms with van der Waals surface area (Å²) in [7, 11) is 0. The molecule has 0 fully saturated rings. The Morgan fingerprint density at radius 1 is 1.04 bits per heavy atom. The minimum Gasteiger partial charge on any atom is -0.352 e. The molecular weight excluding hydrogens is 336 g/mol. The van der Waals surface area contributed by atoms with E-state index in [0.717, 1.165) is 12.0 Å². The molecule has 0 aliphatic rings. The number of hydrogen-bond donors (Lipinski definition) is 2. The number of nitrogens with zero attached hydrogens (tertiary/aromatic N) is 3. The fourth-order valence-electron chi connectivity index (χ4n) is 2.31. The number of anilines is 3. The first-order valence-electron chi connectivity index (χ1n) is 8.34. The average molecular weight is 355 g/mol. The van der Waals surface area contributed by atoms with E-state index in [9.17, 15) is 8.78 Å². The average Bonchev–Trinajstić information content (AvgIpc) is 2.65. The summed E-state index contributed by atoms with van der Waals surface area (Å²) >= 11 is 0. The van der Waals surface area contributed by atoms with Crippen LogP contribution in [0.2, 0.25) is 0 Å². The zero-order valence-electron chi connectivity index (χ0n) is 14.5. The summed E-state index contributed by atoms with van der Waals surface area (Å²) in [4.78, 5) is 12.8. The van der Waals surface area contributed by atoms with Crippen molar-refractivity contribution >= 4 is 17.5 Å². The van der Waals surface area contributed by atoms with Gasteiger partial charge in [0.1, 0.15) is 23.1 Å². The maximum atomic E-state index is 14.0. The lowest BCUT2D eigenvalue weighted by Crippen LogP contribution is -2.16. The molecule has 2 heterocycles. The summed E-state index contributed by atoms with van der Waals surface area (Å²) in [6.45, 7) is 4.05. The number of pyridine rings is 1. The fourth-order valence-corrected chi connectivity index (χ4v) is 2.31. The van der Waals surface area contributed by atoms with Crippen LogP contribution >= 0.6 is 0 Å². The SMILES string of the molecule is CC[C@H](C)Nc1nc(Nc2c(F)cccc2F)cc(-c2ccncc2)n1. The number of aromatic nitrogens is 3. The van der Waals surface area contributed by atoms with Gasteiger partial charge in [-0.2, -0.15) is 4.98 Å². The molecule has 0 aliphatic carbocycles. The van der Waals surface area contributed by atoms with E-state index in [2.05, 4.69) is 25.6 Å². The van der Waals surface area contributed by atoms with Crippen molar-refractivity contribution in [2.45, 2.75) is 26.3 Å². The van der Waals surface area contributed by atoms with Gasteiger partial charge in [0.2, 0.25) is 5.95 Å². The molecule has 1 aromatic carbocycles. The van der Waals surface area contributed by atoms with E-state index < -0.39 is 11.6 Å². The second-order valence-corrected chi connectivity index (χ2v) is 5.87. The third-order valence-corrected chi connectivity index (χ3v) is 3.91. The van der Waals surface area contributed by atoms with Crippen molar-refractivity contribution in [3.63, 3.8) is 0 Å². The van der Waals surface area contributed by atoms with Crippen molar-refractivity contribution < 1.29 is 8.78 Å². The molecule has 3 rings (SSSR count). The molecule has 0 unspecified atom stereocenters. The van der Waals surface area contributed by atoms with Crippen LogP contribution in [0.1, 0.15) is 20.3 Å². The highest BCUT2D eigenvalue weighted by atomic mass is 19.1. The third-order valence-electron chi connectivity index (χ3n) is 3.91. The minimum absolute atomic E-state index is 0.153. The zero-order chi connectivity index (χ0) is 18.5. The van der Waals surface area contributed by atoms with Gasteiger partial charge < -0.3 is 10.6 Å². The zero-order valence-corrected chi connectivity index (χ0v) is 14.5. The first kappa shape index (κ1) is 17.7. The first-order valence-corrected chi connectivity index (χ1v) is 8.34. The molecule has 134 valence electrons. The molecule has 0 aliphatic heterocycles. The van der Waals surface area contributed by atoms with Crippen LogP contribution in [0.3, 0.4) is 0 Å². The van der Waals surface area contributed by atoms with Crippen LogP contribution in [-0.2, 0) is 0 Å². The van der Waals surface area contributed by atoms with Crippen LogP contribution in [0, 0.1) is 11.6 Å². The highest BCUT2D eigenvalue weighted by Gasteiger charge is 2.13. The largest absolute Gasteiger partial charge is 0.352 e. The smallest absolute Gasteiger partial charge is 0.225 e. The van der Waals surface area contributed by atoms with E-state index in [1.165, 1.54) is 18.2 Å². The minimum atomic E-state index is -0.689. The van der Waals surface area contributed by atoms with Crippen molar-refractivity contribution in [2.75, 3.05) is 10.6 Å². The van der Waals surface area contributed by atoms with Crippen LogP contribution in [0.15, 0.2) is 48.8 Å². The molecule has 7 heteroatoms. The monoisotopic (exact) mass is 355 g/mol. The molecule has 0 saturated heterocycles. The van der Waals surface area contributed by atoms with E-state index in [1.807, 2.05) is 26.0 Å². The molecule has 2 aromatic heterocycles. The van der Waals surface area contributed by atoms with Gasteiger partial charge in [-0.25, -0.2) is 13.8 Å². The number of halogens is 2. The summed E-state index contributed by atoms with van der Waals surface area (Å²) in [6, 6.07) is 9.10. The predicted molar refractivity (Wildman–Crippen MR) is 98.3 cm³/mol. The Labute approximate surface area is 150 Å². The first-order chi connectivity index (χ1) is 12.6. The molecular formula is C19H19F2N5. The Balaban J connectivity index is 2.02. The Morgan fingerprint density at radius 2 is 1.73 bits per heavy atom. The van der Waals surface area contributed by atoms with Crippen LogP contribution in [0.5, 0.6) is 0 Å². The lowest BCUT2D eigenvalue weighted by molar-refractivity contribution is 0.590. The van der Waals surface area contributed by atoms with Gasteiger partial charge in [-0.05, 0) is 37.6 Å². The summed E-state index contributed by atoms with van der Waals surface area (Å²) in [6.07, 6.45) is 4.19. The van der Waals surface area contributed by atoms with Gasteiger partial charge >= 0.3 is 0 Å². The van der Waals surface area contributed by atoms with Gasteiger partial charge in [-0.15, -0.1) is 0 Å². The summed E-state index contributed by atoms with van der Waals surface area (Å²) in [5.41, 5.74) is 1.19. The quantitative estimate of drug-likeness (QED) is 0.667. The molecule has 0 saturated carbocycles. The normalized spacial score (nSPS) is 11.8. The number of rotatable bonds is 6. The second kappa shape index (κ2) is 7.86. The van der Waals surface area contributed by atoms with Crippen LogP contribution in [-0.4, -0.2) is 21.0 Å². The van der Waals surface area contributed by atoms with Gasteiger partial charge in [0.25, 0.3) is 0 Å². The van der Waals surface area contributed by atoms with E-state index in [4.69, 9.17) is 0 Å². The summed E-state index contributed by atoms with van der Waals surface area (Å²) in [5, 5.41) is 5.92. The molecule has 3 aromatic rings. The standard InChI is InChI=1S/C19H19F2N5/c1-3-12(2)23-19-24-16(13-7-9-22-10-8-13)11-17(26-19)25-18-14(20)5-4-6-15(18)21/h4-12H,3H2,1-2H3,(H2,23,24,25,26)/t12-/m0/s1. The van der Waals surface area contributed by atoms with Crippen molar-refractivity contribution in [2.24, 2.45) is 0 Å². The second-order valence-electron chi connectivity index (χ2n) is 5.87. The molecule has 0 bridgehead atoms.